The van der Waals surface area contributed by atoms with E-state index < -0.39 is 0 Å². The van der Waals surface area contributed by atoms with Crippen molar-refractivity contribution in [3.8, 4) is 11.5 Å². The van der Waals surface area contributed by atoms with Gasteiger partial charge in [-0.3, -0.25) is 0 Å². The van der Waals surface area contributed by atoms with Crippen molar-refractivity contribution in [3.05, 3.63) is 34.1 Å². The number of nitrogens with zero attached hydrogens (tertiary/aromatic N) is 2. The monoisotopic (exact) mass is 307 g/mol. The Bertz CT molecular complexity index is 561. The van der Waals surface area contributed by atoms with Gasteiger partial charge in [0, 0.05) is 10.0 Å². The maximum absolute atomic E-state index is 5.38. The molecule has 0 aliphatic carbocycles. The molecular formula is C13H14BrN3O. The van der Waals surface area contributed by atoms with E-state index in [9.17, 15) is 0 Å². The lowest BCUT2D eigenvalue weighted by Crippen LogP contribution is -2.14. The maximum Gasteiger partial charge on any atom is 0.258 e. The number of hydrogen-bond acceptors (Lipinski definition) is 4. The molecule has 0 spiro atoms. The van der Waals surface area contributed by atoms with Gasteiger partial charge in [-0.15, -0.1) is 0 Å². The van der Waals surface area contributed by atoms with Crippen molar-refractivity contribution in [1.82, 2.24) is 15.5 Å². The third kappa shape index (κ3) is 2.08. The van der Waals surface area contributed by atoms with Crippen LogP contribution in [0.2, 0.25) is 0 Å². The summed E-state index contributed by atoms with van der Waals surface area (Å²) in [6.07, 6.45) is 2.25. The summed E-state index contributed by atoms with van der Waals surface area (Å²) in [5.74, 6) is 1.36. The molecule has 0 radical (unpaired) electrons. The average Bonchev–Trinajstić information content (AvgIpc) is 3.01. The summed E-state index contributed by atoms with van der Waals surface area (Å²) in [7, 11) is 0. The van der Waals surface area contributed by atoms with Crippen LogP contribution in [0.25, 0.3) is 11.5 Å². The minimum absolute atomic E-state index is 0.245. The molecule has 4 nitrogen and oxygen atoms in total. The number of aromatic nitrogens is 2. The molecule has 18 heavy (non-hydrogen) atoms. The van der Waals surface area contributed by atoms with E-state index in [0.717, 1.165) is 34.4 Å². The summed E-state index contributed by atoms with van der Waals surface area (Å²) < 4.78 is 6.43. The minimum atomic E-state index is 0.245. The highest BCUT2D eigenvalue weighted by molar-refractivity contribution is 9.10. The van der Waals surface area contributed by atoms with Gasteiger partial charge in [-0.2, -0.15) is 4.98 Å². The second kappa shape index (κ2) is 4.82. The van der Waals surface area contributed by atoms with E-state index in [-0.39, 0.29) is 6.04 Å². The highest BCUT2D eigenvalue weighted by Gasteiger charge is 2.22. The van der Waals surface area contributed by atoms with Crippen LogP contribution in [-0.4, -0.2) is 16.7 Å². The third-order valence-corrected chi connectivity index (χ3v) is 4.17. The zero-order valence-corrected chi connectivity index (χ0v) is 11.7. The van der Waals surface area contributed by atoms with Crippen molar-refractivity contribution in [2.75, 3.05) is 6.54 Å². The van der Waals surface area contributed by atoms with Crippen molar-refractivity contribution in [2.24, 2.45) is 0 Å². The summed E-state index contributed by atoms with van der Waals surface area (Å²) in [6, 6.07) is 6.23. The first kappa shape index (κ1) is 11.9. The summed E-state index contributed by atoms with van der Waals surface area (Å²) in [5.41, 5.74) is 2.10. The molecule has 1 aliphatic rings. The van der Waals surface area contributed by atoms with Gasteiger partial charge in [-0.1, -0.05) is 27.2 Å². The van der Waals surface area contributed by atoms with E-state index in [2.05, 4.69) is 31.4 Å². The first-order valence-corrected chi connectivity index (χ1v) is 6.87. The van der Waals surface area contributed by atoms with E-state index >= 15 is 0 Å². The van der Waals surface area contributed by atoms with Crippen molar-refractivity contribution >= 4 is 15.9 Å². The van der Waals surface area contributed by atoms with Gasteiger partial charge in [-0.25, -0.2) is 0 Å². The van der Waals surface area contributed by atoms with Gasteiger partial charge in [0.05, 0.1) is 6.04 Å². The van der Waals surface area contributed by atoms with Gasteiger partial charge in [0.1, 0.15) is 0 Å². The number of halogens is 1. The molecule has 1 unspecified atom stereocenters. The Labute approximate surface area is 114 Å². The number of benzene rings is 1. The molecule has 2 heterocycles. The molecule has 1 fully saturated rings. The lowest BCUT2D eigenvalue weighted by atomic mass is 10.1. The predicted octanol–water partition coefficient (Wildman–Crippen LogP) is 3.23. The quantitative estimate of drug-likeness (QED) is 0.925. The van der Waals surface area contributed by atoms with Crippen molar-refractivity contribution < 1.29 is 4.52 Å². The van der Waals surface area contributed by atoms with E-state index in [1.54, 1.807) is 0 Å². The fourth-order valence-corrected chi connectivity index (χ4v) is 2.60. The number of nitrogens with one attached hydrogen (secondary N) is 1. The SMILES string of the molecule is Cc1c(Br)cccc1-c1nc(C2CCCN2)no1. The Morgan fingerprint density at radius 3 is 3.11 bits per heavy atom. The minimum Gasteiger partial charge on any atom is -0.334 e. The largest absolute Gasteiger partial charge is 0.334 e. The van der Waals surface area contributed by atoms with Gasteiger partial charge in [0.25, 0.3) is 5.89 Å². The molecule has 2 aromatic rings. The van der Waals surface area contributed by atoms with Crippen molar-refractivity contribution in [1.29, 1.82) is 0 Å². The highest BCUT2D eigenvalue weighted by Crippen LogP contribution is 2.29. The van der Waals surface area contributed by atoms with E-state index in [1.165, 1.54) is 6.42 Å². The lowest BCUT2D eigenvalue weighted by molar-refractivity contribution is 0.412. The molecule has 1 atom stereocenters. The van der Waals surface area contributed by atoms with Crippen LogP contribution < -0.4 is 5.32 Å². The van der Waals surface area contributed by atoms with Gasteiger partial charge in [0.2, 0.25) is 0 Å². The van der Waals surface area contributed by atoms with Gasteiger partial charge < -0.3 is 9.84 Å². The normalized spacial score (nSPS) is 19.3. The Morgan fingerprint density at radius 2 is 2.33 bits per heavy atom. The molecule has 5 heteroatoms. The zero-order valence-electron chi connectivity index (χ0n) is 10.1. The lowest BCUT2D eigenvalue weighted by Gasteiger charge is -2.03. The molecule has 3 rings (SSSR count). The molecule has 94 valence electrons. The van der Waals surface area contributed by atoms with Crippen LogP contribution in [0.3, 0.4) is 0 Å². The van der Waals surface area contributed by atoms with Gasteiger partial charge in [-0.05, 0) is 44.0 Å². The topological polar surface area (TPSA) is 51.0 Å². The van der Waals surface area contributed by atoms with Crippen molar-refractivity contribution in [2.45, 2.75) is 25.8 Å². The van der Waals surface area contributed by atoms with Gasteiger partial charge >= 0.3 is 0 Å². The molecule has 1 saturated heterocycles. The molecule has 0 saturated carbocycles. The molecule has 1 aliphatic heterocycles. The average molecular weight is 308 g/mol. The standard InChI is InChI=1S/C13H14BrN3O/c1-8-9(4-2-5-10(8)14)13-16-12(17-18-13)11-6-3-7-15-11/h2,4-5,11,15H,3,6-7H2,1H3. The van der Waals surface area contributed by atoms with E-state index in [0.29, 0.717) is 5.89 Å². The van der Waals surface area contributed by atoms with Crippen molar-refractivity contribution in [3.63, 3.8) is 0 Å². The summed E-state index contributed by atoms with van der Waals surface area (Å²) in [4.78, 5) is 4.50. The van der Waals surface area contributed by atoms with E-state index in [4.69, 9.17) is 4.52 Å². The highest BCUT2D eigenvalue weighted by atomic mass is 79.9. The van der Waals surface area contributed by atoms with Crippen LogP contribution >= 0.6 is 15.9 Å². The molecule has 0 bridgehead atoms. The Morgan fingerprint density at radius 1 is 1.44 bits per heavy atom. The Kier molecular flexibility index (Phi) is 3.18. The van der Waals surface area contributed by atoms with E-state index in [1.807, 2.05) is 25.1 Å². The van der Waals surface area contributed by atoms with Crippen LogP contribution in [0.15, 0.2) is 27.2 Å². The van der Waals surface area contributed by atoms with Crippen LogP contribution in [0.1, 0.15) is 30.3 Å². The van der Waals surface area contributed by atoms with Crippen LogP contribution in [-0.2, 0) is 0 Å². The second-order valence-electron chi connectivity index (χ2n) is 4.52. The van der Waals surface area contributed by atoms with Gasteiger partial charge in [0.15, 0.2) is 5.82 Å². The number of hydrogen-bond donors (Lipinski definition) is 1. The summed E-state index contributed by atoms with van der Waals surface area (Å²) in [5, 5.41) is 7.45. The molecule has 1 N–H and O–H groups in total. The van der Waals surface area contributed by atoms with Crippen LogP contribution in [0.5, 0.6) is 0 Å². The Hall–Kier alpha value is -1.20. The first-order valence-electron chi connectivity index (χ1n) is 6.08. The summed E-state index contributed by atoms with van der Waals surface area (Å²) in [6.45, 7) is 3.07. The second-order valence-corrected chi connectivity index (χ2v) is 5.37. The van der Waals surface area contributed by atoms with Crippen LogP contribution in [0, 0.1) is 6.92 Å². The smallest absolute Gasteiger partial charge is 0.258 e. The molecule has 1 aromatic carbocycles. The zero-order chi connectivity index (χ0) is 12.5. The number of rotatable bonds is 2. The van der Waals surface area contributed by atoms with Crippen LogP contribution in [0.4, 0.5) is 0 Å². The molecule has 1 aromatic heterocycles. The predicted molar refractivity (Wildman–Crippen MR) is 72.1 cm³/mol. The summed E-state index contributed by atoms with van der Waals surface area (Å²) >= 11 is 3.51. The molecular weight excluding hydrogens is 294 g/mol. The molecule has 0 amide bonds. The fourth-order valence-electron chi connectivity index (χ4n) is 2.23. The maximum atomic E-state index is 5.38. The fraction of sp³-hybridized carbons (Fsp3) is 0.385. The Balaban J connectivity index is 1.95. The first-order chi connectivity index (χ1) is 8.75. The third-order valence-electron chi connectivity index (χ3n) is 3.31.